The van der Waals surface area contributed by atoms with E-state index in [-0.39, 0.29) is 0 Å². The van der Waals surface area contributed by atoms with E-state index in [0.29, 0.717) is 27.9 Å². The largest absolute Gasteiger partial charge is 0.477 e. The van der Waals surface area contributed by atoms with E-state index in [0.717, 1.165) is 10.0 Å². The highest BCUT2D eigenvalue weighted by molar-refractivity contribution is 9.10. The van der Waals surface area contributed by atoms with Gasteiger partial charge in [0.1, 0.15) is 9.88 Å². The Morgan fingerprint density at radius 1 is 1.47 bits per heavy atom. The number of pyridine rings is 1. The van der Waals surface area contributed by atoms with E-state index in [9.17, 15) is 9.90 Å². The first-order valence-corrected chi connectivity index (χ1v) is 7.42. The van der Waals surface area contributed by atoms with Crippen molar-refractivity contribution in [2.45, 2.75) is 20.3 Å². The van der Waals surface area contributed by atoms with Crippen molar-refractivity contribution < 1.29 is 9.90 Å². The van der Waals surface area contributed by atoms with Crippen LogP contribution in [0.1, 0.15) is 29.2 Å². The van der Waals surface area contributed by atoms with E-state index in [1.54, 1.807) is 12.4 Å². The lowest BCUT2D eigenvalue weighted by Crippen LogP contribution is -2.02. The molecule has 0 aliphatic heterocycles. The monoisotopic (exact) mass is 340 g/mol. The summed E-state index contributed by atoms with van der Waals surface area (Å²) in [5.41, 5.74) is 1.49. The van der Waals surface area contributed by atoms with Crippen LogP contribution in [-0.4, -0.2) is 21.0 Å². The summed E-state index contributed by atoms with van der Waals surface area (Å²) < 4.78 is 0.850. The second-order valence-electron chi connectivity index (χ2n) is 4.59. The molecular weight excluding hydrogens is 328 g/mol. The molecule has 4 nitrogen and oxygen atoms in total. The number of aromatic nitrogens is 2. The first-order valence-electron chi connectivity index (χ1n) is 5.81. The number of hydrogen-bond acceptors (Lipinski definition) is 4. The van der Waals surface area contributed by atoms with Gasteiger partial charge in [-0.3, -0.25) is 4.98 Å². The summed E-state index contributed by atoms with van der Waals surface area (Å²) in [4.78, 5) is 20.1. The van der Waals surface area contributed by atoms with Gasteiger partial charge in [0.25, 0.3) is 0 Å². The first kappa shape index (κ1) is 14.1. The number of carbonyl (C=O) groups is 1. The number of halogens is 1. The van der Waals surface area contributed by atoms with Crippen molar-refractivity contribution in [3.63, 3.8) is 0 Å². The average Bonchev–Trinajstić information content (AvgIpc) is 2.72. The molecule has 2 aromatic heterocycles. The topological polar surface area (TPSA) is 63.1 Å². The molecule has 2 heterocycles. The molecule has 0 spiro atoms. The fourth-order valence-corrected chi connectivity index (χ4v) is 2.97. The van der Waals surface area contributed by atoms with Crippen LogP contribution >= 0.6 is 27.3 Å². The predicted molar refractivity (Wildman–Crippen MR) is 78.5 cm³/mol. The molecule has 0 radical (unpaired) electrons. The van der Waals surface area contributed by atoms with Gasteiger partial charge in [0, 0.05) is 22.4 Å². The number of hydrogen-bond donors (Lipinski definition) is 1. The molecule has 2 aromatic rings. The third-order valence-corrected chi connectivity index (χ3v) is 4.01. The highest BCUT2D eigenvalue weighted by atomic mass is 79.9. The molecule has 0 saturated carbocycles. The maximum Gasteiger partial charge on any atom is 0.347 e. The second-order valence-corrected chi connectivity index (χ2v) is 6.50. The minimum Gasteiger partial charge on any atom is -0.477 e. The van der Waals surface area contributed by atoms with Crippen LogP contribution in [0.5, 0.6) is 0 Å². The van der Waals surface area contributed by atoms with Crippen molar-refractivity contribution in [2.24, 2.45) is 5.92 Å². The summed E-state index contributed by atoms with van der Waals surface area (Å²) in [6, 6.07) is 1.89. The van der Waals surface area contributed by atoms with Crippen LogP contribution in [0.3, 0.4) is 0 Å². The zero-order valence-corrected chi connectivity index (χ0v) is 13.0. The summed E-state index contributed by atoms with van der Waals surface area (Å²) in [6.07, 6.45) is 4.04. The van der Waals surface area contributed by atoms with E-state index in [4.69, 9.17) is 0 Å². The predicted octanol–water partition coefficient (Wildman–Crippen LogP) is 3.86. The molecule has 6 heteroatoms. The molecule has 100 valence electrons. The molecule has 0 bridgehead atoms. The molecular formula is C13H13BrN2O2S. The molecule has 0 aliphatic carbocycles. The molecule has 0 aliphatic rings. The highest BCUT2D eigenvalue weighted by Gasteiger charge is 2.19. The molecule has 1 N–H and O–H groups in total. The van der Waals surface area contributed by atoms with Gasteiger partial charge in [0.15, 0.2) is 0 Å². The average molecular weight is 341 g/mol. The summed E-state index contributed by atoms with van der Waals surface area (Å²) in [5.74, 6) is -0.545. The minimum absolute atomic E-state index is 0.323. The van der Waals surface area contributed by atoms with Crippen molar-refractivity contribution >= 4 is 33.2 Å². The van der Waals surface area contributed by atoms with Gasteiger partial charge in [-0.2, -0.15) is 0 Å². The normalized spacial score (nSPS) is 10.9. The van der Waals surface area contributed by atoms with Crippen molar-refractivity contribution in [2.75, 3.05) is 0 Å². The molecule has 0 aromatic carbocycles. The van der Waals surface area contributed by atoms with Crippen LogP contribution in [0.25, 0.3) is 10.6 Å². The van der Waals surface area contributed by atoms with Gasteiger partial charge in [0.05, 0.1) is 5.69 Å². The van der Waals surface area contributed by atoms with Gasteiger partial charge in [-0.25, -0.2) is 9.78 Å². The maximum atomic E-state index is 11.3. The summed E-state index contributed by atoms with van der Waals surface area (Å²) in [5, 5.41) is 9.94. The zero-order valence-electron chi connectivity index (χ0n) is 10.6. The first-order chi connectivity index (χ1) is 8.97. The van der Waals surface area contributed by atoms with E-state index in [1.807, 2.05) is 19.9 Å². The fraction of sp³-hybridized carbons (Fsp3) is 0.308. The van der Waals surface area contributed by atoms with E-state index in [2.05, 4.69) is 25.9 Å². The van der Waals surface area contributed by atoms with Crippen LogP contribution in [0.15, 0.2) is 22.9 Å². The molecule has 0 amide bonds. The Labute approximate surface area is 123 Å². The van der Waals surface area contributed by atoms with Crippen LogP contribution in [-0.2, 0) is 6.42 Å². The zero-order chi connectivity index (χ0) is 14.0. The van der Waals surface area contributed by atoms with Crippen molar-refractivity contribution in [1.29, 1.82) is 0 Å². The van der Waals surface area contributed by atoms with E-state index in [1.165, 1.54) is 11.3 Å². The van der Waals surface area contributed by atoms with Gasteiger partial charge in [-0.1, -0.05) is 13.8 Å². The number of carboxylic acid groups (broad SMARTS) is 1. The Balaban J connectivity index is 2.45. The lowest BCUT2D eigenvalue weighted by atomic mass is 10.1. The smallest absolute Gasteiger partial charge is 0.347 e. The van der Waals surface area contributed by atoms with Crippen LogP contribution < -0.4 is 0 Å². The number of thiazole rings is 1. The minimum atomic E-state index is -0.914. The van der Waals surface area contributed by atoms with Gasteiger partial charge in [-0.15, -0.1) is 11.3 Å². The number of carboxylic acids is 1. The standard InChI is InChI=1S/C13H13BrN2O2S/c1-7(2)3-10-11(13(17)18)19-12(16-10)8-4-9(14)6-15-5-8/h4-7H,3H2,1-2H3,(H,17,18). The molecule has 0 atom stereocenters. The van der Waals surface area contributed by atoms with Gasteiger partial charge in [-0.05, 0) is 34.3 Å². The van der Waals surface area contributed by atoms with Crippen LogP contribution in [0.2, 0.25) is 0 Å². The lowest BCUT2D eigenvalue weighted by molar-refractivity contribution is 0.0700. The van der Waals surface area contributed by atoms with Gasteiger partial charge < -0.3 is 5.11 Å². The third kappa shape index (κ3) is 3.39. The maximum absolute atomic E-state index is 11.3. The fourth-order valence-electron chi connectivity index (χ4n) is 1.70. The van der Waals surface area contributed by atoms with Crippen molar-refractivity contribution in [3.05, 3.63) is 33.5 Å². The Bertz CT molecular complexity index is 610. The summed E-state index contributed by atoms with van der Waals surface area (Å²) in [6.45, 7) is 4.09. The lowest BCUT2D eigenvalue weighted by Gasteiger charge is -2.01. The quantitative estimate of drug-likeness (QED) is 0.917. The second kappa shape index (κ2) is 5.79. The van der Waals surface area contributed by atoms with Crippen molar-refractivity contribution in [1.82, 2.24) is 9.97 Å². The third-order valence-electron chi connectivity index (χ3n) is 2.45. The highest BCUT2D eigenvalue weighted by Crippen LogP contribution is 2.30. The van der Waals surface area contributed by atoms with Crippen molar-refractivity contribution in [3.8, 4) is 10.6 Å². The Morgan fingerprint density at radius 2 is 2.21 bits per heavy atom. The number of rotatable bonds is 4. The SMILES string of the molecule is CC(C)Cc1nc(-c2cncc(Br)c2)sc1C(=O)O. The summed E-state index contributed by atoms with van der Waals surface area (Å²) in [7, 11) is 0. The van der Waals surface area contributed by atoms with E-state index >= 15 is 0 Å². The number of nitrogens with zero attached hydrogens (tertiary/aromatic N) is 2. The molecule has 19 heavy (non-hydrogen) atoms. The van der Waals surface area contributed by atoms with Crippen LogP contribution in [0.4, 0.5) is 0 Å². The van der Waals surface area contributed by atoms with Crippen LogP contribution in [0, 0.1) is 5.92 Å². The van der Waals surface area contributed by atoms with Gasteiger partial charge >= 0.3 is 5.97 Å². The molecule has 2 rings (SSSR count). The Kier molecular flexibility index (Phi) is 4.31. The molecule has 0 unspecified atom stereocenters. The Hall–Kier alpha value is -1.27. The van der Waals surface area contributed by atoms with Gasteiger partial charge in [0.2, 0.25) is 0 Å². The molecule has 0 saturated heterocycles. The molecule has 0 fully saturated rings. The van der Waals surface area contributed by atoms with E-state index < -0.39 is 5.97 Å². The number of aromatic carboxylic acids is 1. The Morgan fingerprint density at radius 3 is 2.79 bits per heavy atom. The summed E-state index contributed by atoms with van der Waals surface area (Å²) >= 11 is 4.55.